The second kappa shape index (κ2) is 6.56. The van der Waals surface area contributed by atoms with Gasteiger partial charge in [0.05, 0.1) is 11.4 Å². The molecule has 1 amide bonds. The van der Waals surface area contributed by atoms with Crippen molar-refractivity contribution in [2.24, 2.45) is 5.92 Å². The molecule has 0 aliphatic carbocycles. The first-order valence-electron chi connectivity index (χ1n) is 6.63. The predicted octanol–water partition coefficient (Wildman–Crippen LogP) is 1.25. The second-order valence-corrected chi connectivity index (χ2v) is 5.39. The number of rotatable bonds is 6. The van der Waals surface area contributed by atoms with E-state index in [2.05, 4.69) is 15.5 Å². The third-order valence-corrected chi connectivity index (χ3v) is 3.19. The summed E-state index contributed by atoms with van der Waals surface area (Å²) in [7, 11) is 0. The second-order valence-electron chi connectivity index (χ2n) is 5.39. The van der Waals surface area contributed by atoms with Gasteiger partial charge in [0.15, 0.2) is 5.69 Å². The maximum absolute atomic E-state index is 12.1. The van der Waals surface area contributed by atoms with Gasteiger partial charge in [0.25, 0.3) is 5.91 Å². The highest BCUT2D eigenvalue weighted by molar-refractivity contribution is 5.97. The van der Waals surface area contributed by atoms with E-state index in [1.165, 1.54) is 0 Å². The number of H-pyrrole nitrogens is 1. The van der Waals surface area contributed by atoms with Crippen molar-refractivity contribution in [2.75, 3.05) is 12.3 Å². The fourth-order valence-electron chi connectivity index (χ4n) is 1.93. The summed E-state index contributed by atoms with van der Waals surface area (Å²) in [6, 6.07) is -0.0869. The van der Waals surface area contributed by atoms with Crippen LogP contribution in [0.5, 0.6) is 0 Å². The lowest BCUT2D eigenvalue weighted by Crippen LogP contribution is -2.39. The Morgan fingerprint density at radius 1 is 1.42 bits per heavy atom. The molecule has 5 N–H and O–H groups in total. The number of aliphatic hydroxyl groups excluding tert-OH is 1. The van der Waals surface area contributed by atoms with Gasteiger partial charge in [-0.25, -0.2) is 0 Å². The molecule has 0 saturated heterocycles. The Labute approximate surface area is 113 Å². The molecule has 0 aliphatic heterocycles. The Bertz CT molecular complexity index is 426. The zero-order valence-electron chi connectivity index (χ0n) is 12.0. The SMILES string of the molecule is CC(C)c1[nH]nc(C(=O)NC(CCO)C(C)C)c1N. The van der Waals surface area contributed by atoms with E-state index >= 15 is 0 Å². The van der Waals surface area contributed by atoms with Gasteiger partial charge in [0.1, 0.15) is 0 Å². The van der Waals surface area contributed by atoms with E-state index in [1.807, 2.05) is 27.7 Å². The van der Waals surface area contributed by atoms with Crippen LogP contribution in [0, 0.1) is 5.92 Å². The van der Waals surface area contributed by atoms with Crippen molar-refractivity contribution in [3.05, 3.63) is 11.4 Å². The maximum atomic E-state index is 12.1. The molecule has 1 atom stereocenters. The lowest BCUT2D eigenvalue weighted by atomic mass is 10.0. The standard InChI is InChI=1S/C13H24N4O2/c1-7(2)9(5-6-18)15-13(19)12-10(14)11(8(3)4)16-17-12/h7-9,18H,5-6,14H2,1-4H3,(H,15,19)(H,16,17). The number of aromatic amines is 1. The molecule has 0 aromatic carbocycles. The molecule has 1 aromatic rings. The average Bonchev–Trinajstić information content (AvgIpc) is 2.70. The van der Waals surface area contributed by atoms with Crippen LogP contribution < -0.4 is 11.1 Å². The zero-order chi connectivity index (χ0) is 14.6. The molecule has 1 aromatic heterocycles. The molecule has 6 nitrogen and oxygen atoms in total. The monoisotopic (exact) mass is 268 g/mol. The number of nitrogens with two attached hydrogens (primary N) is 1. The zero-order valence-corrected chi connectivity index (χ0v) is 12.0. The summed E-state index contributed by atoms with van der Waals surface area (Å²) in [5.41, 5.74) is 7.33. The molecule has 1 unspecified atom stereocenters. The van der Waals surface area contributed by atoms with E-state index < -0.39 is 0 Å². The van der Waals surface area contributed by atoms with Crippen molar-refractivity contribution in [1.82, 2.24) is 15.5 Å². The van der Waals surface area contributed by atoms with Crippen molar-refractivity contribution >= 4 is 11.6 Å². The van der Waals surface area contributed by atoms with Crippen LogP contribution in [-0.2, 0) is 0 Å². The van der Waals surface area contributed by atoms with Crippen LogP contribution in [0.3, 0.4) is 0 Å². The lowest BCUT2D eigenvalue weighted by Gasteiger charge is -2.21. The number of aromatic nitrogens is 2. The third kappa shape index (κ3) is 3.70. The number of nitrogens with one attached hydrogen (secondary N) is 2. The summed E-state index contributed by atoms with van der Waals surface area (Å²) in [6.45, 7) is 7.99. The van der Waals surface area contributed by atoms with Crippen LogP contribution in [-0.4, -0.2) is 33.9 Å². The van der Waals surface area contributed by atoms with Crippen LogP contribution in [0.2, 0.25) is 0 Å². The first-order valence-corrected chi connectivity index (χ1v) is 6.63. The summed E-state index contributed by atoms with van der Waals surface area (Å²) in [5.74, 6) is 0.126. The van der Waals surface area contributed by atoms with Crippen molar-refractivity contribution in [3.63, 3.8) is 0 Å². The van der Waals surface area contributed by atoms with Crippen molar-refractivity contribution in [1.29, 1.82) is 0 Å². The quantitative estimate of drug-likeness (QED) is 0.623. The molecule has 19 heavy (non-hydrogen) atoms. The molecule has 108 valence electrons. The molecule has 0 radical (unpaired) electrons. The van der Waals surface area contributed by atoms with Crippen LogP contribution >= 0.6 is 0 Å². The molecule has 1 rings (SSSR count). The predicted molar refractivity (Wildman–Crippen MR) is 74.9 cm³/mol. The molecule has 0 aliphatic rings. The fourth-order valence-corrected chi connectivity index (χ4v) is 1.93. The number of amides is 1. The molecule has 1 heterocycles. The summed E-state index contributed by atoms with van der Waals surface area (Å²) >= 11 is 0. The minimum absolute atomic E-state index is 0.0381. The Morgan fingerprint density at radius 2 is 2.05 bits per heavy atom. The van der Waals surface area contributed by atoms with Crippen LogP contribution in [0.1, 0.15) is 56.2 Å². The van der Waals surface area contributed by atoms with Crippen molar-refractivity contribution in [3.8, 4) is 0 Å². The van der Waals surface area contributed by atoms with Gasteiger partial charge in [0, 0.05) is 12.6 Å². The third-order valence-electron chi connectivity index (χ3n) is 3.19. The number of anilines is 1. The molecule has 0 fully saturated rings. The number of hydrogen-bond acceptors (Lipinski definition) is 4. The van der Waals surface area contributed by atoms with Gasteiger partial charge in [-0.1, -0.05) is 27.7 Å². The average molecular weight is 268 g/mol. The highest BCUT2D eigenvalue weighted by atomic mass is 16.3. The number of nitrogen functional groups attached to an aromatic ring is 1. The summed E-state index contributed by atoms with van der Waals surface area (Å²) in [6.07, 6.45) is 0.519. The van der Waals surface area contributed by atoms with Gasteiger partial charge >= 0.3 is 0 Å². The molecule has 0 spiro atoms. The fraction of sp³-hybridized carbons (Fsp3) is 0.692. The lowest BCUT2D eigenvalue weighted by molar-refractivity contribution is 0.0912. The Kier molecular flexibility index (Phi) is 5.35. The smallest absolute Gasteiger partial charge is 0.274 e. The number of aliphatic hydroxyl groups is 1. The van der Waals surface area contributed by atoms with E-state index in [1.54, 1.807) is 0 Å². The number of nitrogens with zero attached hydrogens (tertiary/aromatic N) is 1. The van der Waals surface area contributed by atoms with Crippen LogP contribution in [0.25, 0.3) is 0 Å². The minimum Gasteiger partial charge on any atom is -0.396 e. The molecule has 6 heteroatoms. The molecular weight excluding hydrogens is 244 g/mol. The first-order chi connectivity index (χ1) is 8.88. The van der Waals surface area contributed by atoms with Crippen molar-refractivity contribution in [2.45, 2.75) is 46.1 Å². The Hall–Kier alpha value is -1.56. The Morgan fingerprint density at radius 3 is 2.47 bits per heavy atom. The molecule has 0 saturated carbocycles. The van der Waals surface area contributed by atoms with E-state index in [0.717, 1.165) is 5.69 Å². The van der Waals surface area contributed by atoms with Gasteiger partial charge in [-0.15, -0.1) is 0 Å². The van der Waals surface area contributed by atoms with Gasteiger partial charge in [-0.3, -0.25) is 9.89 Å². The van der Waals surface area contributed by atoms with Gasteiger partial charge in [-0.2, -0.15) is 5.10 Å². The molecular formula is C13H24N4O2. The number of carbonyl (C=O) groups excluding carboxylic acids is 1. The van der Waals surface area contributed by atoms with E-state index in [9.17, 15) is 4.79 Å². The van der Waals surface area contributed by atoms with E-state index in [4.69, 9.17) is 10.8 Å². The van der Waals surface area contributed by atoms with Gasteiger partial charge in [0.2, 0.25) is 0 Å². The van der Waals surface area contributed by atoms with E-state index in [-0.39, 0.29) is 36.1 Å². The first kappa shape index (κ1) is 15.5. The molecule has 0 bridgehead atoms. The Balaban J connectivity index is 2.83. The summed E-state index contributed by atoms with van der Waals surface area (Å²) in [4.78, 5) is 12.1. The topological polar surface area (TPSA) is 104 Å². The number of hydrogen-bond donors (Lipinski definition) is 4. The normalized spacial score (nSPS) is 13.0. The number of carbonyl (C=O) groups is 1. The van der Waals surface area contributed by atoms with Crippen molar-refractivity contribution < 1.29 is 9.90 Å². The highest BCUT2D eigenvalue weighted by Gasteiger charge is 2.22. The van der Waals surface area contributed by atoms with Crippen LogP contribution in [0.15, 0.2) is 0 Å². The van der Waals surface area contributed by atoms with E-state index in [0.29, 0.717) is 12.1 Å². The minimum atomic E-state index is -0.298. The largest absolute Gasteiger partial charge is 0.396 e. The maximum Gasteiger partial charge on any atom is 0.274 e. The summed E-state index contributed by atoms with van der Waals surface area (Å²) in [5, 5.41) is 18.7. The highest BCUT2D eigenvalue weighted by Crippen LogP contribution is 2.22. The van der Waals surface area contributed by atoms with Gasteiger partial charge in [-0.05, 0) is 18.3 Å². The van der Waals surface area contributed by atoms with Crippen LogP contribution in [0.4, 0.5) is 5.69 Å². The van der Waals surface area contributed by atoms with Gasteiger partial charge < -0.3 is 16.2 Å². The summed E-state index contributed by atoms with van der Waals surface area (Å²) < 4.78 is 0.